The molecule has 0 bridgehead atoms. The Morgan fingerprint density at radius 3 is 2.60 bits per heavy atom. The van der Waals surface area contributed by atoms with Crippen LogP contribution in [0.1, 0.15) is 27.2 Å². The van der Waals surface area contributed by atoms with Crippen LogP contribution in [0.2, 0.25) is 0 Å². The summed E-state index contributed by atoms with van der Waals surface area (Å²) in [5.41, 5.74) is -0.489. The van der Waals surface area contributed by atoms with E-state index in [1.54, 1.807) is 26.8 Å². The lowest BCUT2D eigenvalue weighted by atomic mass is 10.1. The maximum Gasteiger partial charge on any atom is 0.407 e. The van der Waals surface area contributed by atoms with Gasteiger partial charge in [-0.2, -0.15) is 0 Å². The molecule has 4 heteroatoms. The van der Waals surface area contributed by atoms with Gasteiger partial charge in [-0.15, -0.1) is 6.58 Å². The van der Waals surface area contributed by atoms with E-state index in [0.29, 0.717) is 13.0 Å². The van der Waals surface area contributed by atoms with Crippen molar-refractivity contribution < 1.29 is 14.6 Å². The minimum Gasteiger partial charge on any atom is -0.444 e. The van der Waals surface area contributed by atoms with Gasteiger partial charge in [0.1, 0.15) is 5.60 Å². The van der Waals surface area contributed by atoms with Crippen LogP contribution in [0.15, 0.2) is 12.7 Å². The Labute approximate surface area is 91.3 Å². The van der Waals surface area contributed by atoms with Crippen LogP contribution in [-0.4, -0.2) is 30.0 Å². The van der Waals surface area contributed by atoms with Gasteiger partial charge in [0, 0.05) is 19.1 Å². The molecule has 1 atom stereocenters. The molecule has 0 aromatic rings. The third-order valence-electron chi connectivity index (χ3n) is 1.69. The van der Waals surface area contributed by atoms with Gasteiger partial charge in [-0.3, -0.25) is 0 Å². The number of carbonyl (C=O) groups is 1. The molecule has 0 spiro atoms. The van der Waals surface area contributed by atoms with Crippen LogP contribution in [-0.2, 0) is 4.74 Å². The summed E-state index contributed by atoms with van der Waals surface area (Å²) in [6.45, 7) is 9.43. The Morgan fingerprint density at radius 1 is 1.60 bits per heavy atom. The highest BCUT2D eigenvalue weighted by molar-refractivity contribution is 5.67. The number of aliphatic hydroxyl groups is 1. The van der Waals surface area contributed by atoms with Gasteiger partial charge < -0.3 is 15.2 Å². The van der Waals surface area contributed by atoms with Gasteiger partial charge in [0.15, 0.2) is 0 Å². The second kappa shape index (κ2) is 6.45. The molecule has 2 N–H and O–H groups in total. The Balaban J connectivity index is 3.83. The summed E-state index contributed by atoms with van der Waals surface area (Å²) in [7, 11) is 0. The van der Waals surface area contributed by atoms with Crippen LogP contribution in [0.5, 0.6) is 0 Å². The van der Waals surface area contributed by atoms with Crippen LogP contribution < -0.4 is 5.32 Å². The SMILES string of the molecule is C=CCC(CO)CNC(=O)OC(C)(C)C. The van der Waals surface area contributed by atoms with E-state index in [1.165, 1.54) is 0 Å². The predicted molar refractivity (Wildman–Crippen MR) is 59.6 cm³/mol. The van der Waals surface area contributed by atoms with E-state index in [-0.39, 0.29) is 12.5 Å². The molecule has 0 rings (SSSR count). The van der Waals surface area contributed by atoms with Crippen molar-refractivity contribution in [2.45, 2.75) is 32.8 Å². The van der Waals surface area contributed by atoms with Crippen LogP contribution in [0, 0.1) is 5.92 Å². The van der Waals surface area contributed by atoms with Gasteiger partial charge in [0.05, 0.1) is 0 Å². The largest absolute Gasteiger partial charge is 0.444 e. The molecule has 0 aliphatic carbocycles. The number of alkyl carbamates (subject to hydrolysis) is 1. The van der Waals surface area contributed by atoms with Crippen molar-refractivity contribution in [1.29, 1.82) is 0 Å². The number of amides is 1. The second-order valence-electron chi connectivity index (χ2n) is 4.46. The van der Waals surface area contributed by atoms with Crippen molar-refractivity contribution in [1.82, 2.24) is 5.32 Å². The molecule has 0 heterocycles. The molecular formula is C11H21NO3. The van der Waals surface area contributed by atoms with Crippen LogP contribution in [0.3, 0.4) is 0 Å². The maximum absolute atomic E-state index is 11.2. The fraction of sp³-hybridized carbons (Fsp3) is 0.727. The molecule has 0 radical (unpaired) electrons. The highest BCUT2D eigenvalue weighted by atomic mass is 16.6. The third-order valence-corrected chi connectivity index (χ3v) is 1.69. The number of hydrogen-bond donors (Lipinski definition) is 2. The standard InChI is InChI=1S/C11H21NO3/c1-5-6-9(8-13)7-12-10(14)15-11(2,3)4/h5,9,13H,1,6-8H2,2-4H3,(H,12,14). The number of nitrogens with one attached hydrogen (secondary N) is 1. The zero-order chi connectivity index (χ0) is 11.9. The lowest BCUT2D eigenvalue weighted by Crippen LogP contribution is -2.35. The topological polar surface area (TPSA) is 58.6 Å². The first kappa shape index (κ1) is 14.0. The first-order valence-electron chi connectivity index (χ1n) is 5.07. The summed E-state index contributed by atoms with van der Waals surface area (Å²) in [4.78, 5) is 11.2. The summed E-state index contributed by atoms with van der Waals surface area (Å²) in [5.74, 6) is 0.00928. The van der Waals surface area contributed by atoms with Crippen molar-refractivity contribution >= 4 is 6.09 Å². The van der Waals surface area contributed by atoms with Gasteiger partial charge in [-0.25, -0.2) is 4.79 Å². The number of aliphatic hydroxyl groups excluding tert-OH is 1. The summed E-state index contributed by atoms with van der Waals surface area (Å²) < 4.78 is 5.05. The predicted octanol–water partition coefficient (Wildman–Crippen LogP) is 1.70. The smallest absolute Gasteiger partial charge is 0.407 e. The highest BCUT2D eigenvalue weighted by Crippen LogP contribution is 2.07. The van der Waals surface area contributed by atoms with E-state index < -0.39 is 11.7 Å². The molecule has 0 aliphatic rings. The lowest BCUT2D eigenvalue weighted by Gasteiger charge is -2.21. The van der Waals surface area contributed by atoms with Crippen LogP contribution in [0.4, 0.5) is 4.79 Å². The number of allylic oxidation sites excluding steroid dienone is 1. The summed E-state index contributed by atoms with van der Waals surface area (Å²) in [6, 6.07) is 0. The molecule has 1 unspecified atom stereocenters. The van der Waals surface area contributed by atoms with Gasteiger partial charge in [-0.05, 0) is 27.2 Å². The average molecular weight is 215 g/mol. The summed E-state index contributed by atoms with van der Waals surface area (Å²) in [6.07, 6.45) is 1.94. The Bertz CT molecular complexity index is 208. The fourth-order valence-corrected chi connectivity index (χ4v) is 1.000. The van der Waals surface area contributed by atoms with E-state index in [9.17, 15) is 4.79 Å². The normalized spacial score (nSPS) is 13.1. The van der Waals surface area contributed by atoms with Gasteiger partial charge >= 0.3 is 6.09 Å². The Hall–Kier alpha value is -1.03. The van der Waals surface area contributed by atoms with E-state index in [2.05, 4.69) is 11.9 Å². The number of rotatable bonds is 5. The summed E-state index contributed by atoms with van der Waals surface area (Å²) in [5, 5.41) is 11.6. The Kier molecular flexibility index (Phi) is 6.01. The number of carbonyl (C=O) groups excluding carboxylic acids is 1. The average Bonchev–Trinajstić information content (AvgIpc) is 2.09. The lowest BCUT2D eigenvalue weighted by molar-refractivity contribution is 0.0513. The first-order chi connectivity index (χ1) is 6.89. The molecule has 0 saturated carbocycles. The molecule has 1 amide bonds. The number of hydrogen-bond acceptors (Lipinski definition) is 3. The summed E-state index contributed by atoms with van der Waals surface area (Å²) >= 11 is 0. The van der Waals surface area contributed by atoms with Crippen molar-refractivity contribution in [3.63, 3.8) is 0 Å². The second-order valence-corrected chi connectivity index (χ2v) is 4.46. The number of ether oxygens (including phenoxy) is 1. The molecule has 0 aromatic heterocycles. The minimum absolute atomic E-state index is 0.00928. The molecule has 15 heavy (non-hydrogen) atoms. The maximum atomic E-state index is 11.2. The van der Waals surface area contributed by atoms with Crippen LogP contribution in [0.25, 0.3) is 0 Å². The van der Waals surface area contributed by atoms with Crippen molar-refractivity contribution in [3.8, 4) is 0 Å². The minimum atomic E-state index is -0.489. The molecule has 88 valence electrons. The van der Waals surface area contributed by atoms with E-state index in [1.807, 2.05) is 0 Å². The van der Waals surface area contributed by atoms with E-state index in [0.717, 1.165) is 0 Å². The van der Waals surface area contributed by atoms with Gasteiger partial charge in [0.25, 0.3) is 0 Å². The van der Waals surface area contributed by atoms with Crippen LogP contribution >= 0.6 is 0 Å². The molecular weight excluding hydrogens is 194 g/mol. The highest BCUT2D eigenvalue weighted by Gasteiger charge is 2.16. The molecule has 0 aromatic carbocycles. The first-order valence-corrected chi connectivity index (χ1v) is 5.07. The zero-order valence-corrected chi connectivity index (χ0v) is 9.75. The van der Waals surface area contributed by atoms with E-state index in [4.69, 9.17) is 9.84 Å². The Morgan fingerprint density at radius 2 is 2.20 bits per heavy atom. The molecule has 0 saturated heterocycles. The molecule has 0 aliphatic heterocycles. The molecule has 0 fully saturated rings. The molecule has 4 nitrogen and oxygen atoms in total. The van der Waals surface area contributed by atoms with Crippen molar-refractivity contribution in [2.24, 2.45) is 5.92 Å². The van der Waals surface area contributed by atoms with Crippen molar-refractivity contribution in [3.05, 3.63) is 12.7 Å². The zero-order valence-electron chi connectivity index (χ0n) is 9.75. The van der Waals surface area contributed by atoms with Gasteiger partial charge in [-0.1, -0.05) is 6.08 Å². The monoisotopic (exact) mass is 215 g/mol. The fourth-order valence-electron chi connectivity index (χ4n) is 1.000. The van der Waals surface area contributed by atoms with Gasteiger partial charge in [0.2, 0.25) is 0 Å². The van der Waals surface area contributed by atoms with E-state index >= 15 is 0 Å². The quantitative estimate of drug-likeness (QED) is 0.686. The third kappa shape index (κ3) is 8.00. The van der Waals surface area contributed by atoms with Crippen molar-refractivity contribution in [2.75, 3.05) is 13.2 Å².